The molecule has 0 spiro atoms. The first-order chi connectivity index (χ1) is 8.88. The van der Waals surface area contributed by atoms with Gasteiger partial charge in [-0.2, -0.15) is 0 Å². The van der Waals surface area contributed by atoms with Gasteiger partial charge in [-0.3, -0.25) is 0 Å². The van der Waals surface area contributed by atoms with Gasteiger partial charge in [-0.25, -0.2) is 0 Å². The zero-order valence-corrected chi connectivity index (χ0v) is 10.6. The third kappa shape index (κ3) is 2.00. The molecule has 0 aromatic heterocycles. The van der Waals surface area contributed by atoms with Crippen molar-refractivity contribution >= 4 is 0 Å². The molecule has 3 rings (SSSR count). The SMILES string of the molecule is COc1ccccc1-c1ccc2c(c1)CNCC2. The second-order valence-electron chi connectivity index (χ2n) is 4.61. The van der Waals surface area contributed by atoms with Crippen LogP contribution in [0.5, 0.6) is 5.75 Å². The van der Waals surface area contributed by atoms with Gasteiger partial charge in [0, 0.05) is 12.1 Å². The first-order valence-corrected chi connectivity index (χ1v) is 6.34. The maximum absolute atomic E-state index is 5.43. The van der Waals surface area contributed by atoms with Gasteiger partial charge in [0.1, 0.15) is 5.75 Å². The third-order valence-corrected chi connectivity index (χ3v) is 3.51. The first-order valence-electron chi connectivity index (χ1n) is 6.34. The van der Waals surface area contributed by atoms with Gasteiger partial charge in [0.2, 0.25) is 0 Å². The topological polar surface area (TPSA) is 21.3 Å². The van der Waals surface area contributed by atoms with E-state index in [1.807, 2.05) is 12.1 Å². The molecule has 0 aliphatic carbocycles. The smallest absolute Gasteiger partial charge is 0.126 e. The second-order valence-corrected chi connectivity index (χ2v) is 4.61. The minimum absolute atomic E-state index is 0.932. The molecular formula is C16H17NO. The molecule has 2 heteroatoms. The first kappa shape index (κ1) is 11.3. The van der Waals surface area contributed by atoms with Crippen LogP contribution < -0.4 is 10.1 Å². The Balaban J connectivity index is 2.06. The molecule has 0 atom stereocenters. The molecule has 0 radical (unpaired) electrons. The number of hydrogen-bond acceptors (Lipinski definition) is 2. The molecule has 92 valence electrons. The summed E-state index contributed by atoms with van der Waals surface area (Å²) in [4.78, 5) is 0. The molecule has 18 heavy (non-hydrogen) atoms. The third-order valence-electron chi connectivity index (χ3n) is 3.51. The molecule has 0 amide bonds. The van der Waals surface area contributed by atoms with Crippen molar-refractivity contribution in [1.29, 1.82) is 0 Å². The van der Waals surface area contributed by atoms with Gasteiger partial charge >= 0.3 is 0 Å². The number of para-hydroxylation sites is 1. The number of fused-ring (bicyclic) bond motifs is 1. The van der Waals surface area contributed by atoms with Crippen molar-refractivity contribution in [3.63, 3.8) is 0 Å². The van der Waals surface area contributed by atoms with Crippen LogP contribution in [0.3, 0.4) is 0 Å². The number of ether oxygens (including phenoxy) is 1. The highest BCUT2D eigenvalue weighted by molar-refractivity contribution is 5.71. The van der Waals surface area contributed by atoms with E-state index in [9.17, 15) is 0 Å². The van der Waals surface area contributed by atoms with Crippen LogP contribution in [0.2, 0.25) is 0 Å². The van der Waals surface area contributed by atoms with Gasteiger partial charge in [0.25, 0.3) is 0 Å². The summed E-state index contributed by atoms with van der Waals surface area (Å²) >= 11 is 0. The van der Waals surface area contributed by atoms with Crippen molar-refractivity contribution in [3.8, 4) is 16.9 Å². The average molecular weight is 239 g/mol. The normalized spacial score (nSPS) is 14.1. The molecule has 0 saturated heterocycles. The van der Waals surface area contributed by atoms with Crippen molar-refractivity contribution in [2.75, 3.05) is 13.7 Å². The highest BCUT2D eigenvalue weighted by Gasteiger charge is 2.11. The van der Waals surface area contributed by atoms with Crippen molar-refractivity contribution in [2.24, 2.45) is 0 Å². The summed E-state index contributed by atoms with van der Waals surface area (Å²) in [7, 11) is 1.72. The van der Waals surface area contributed by atoms with Crippen molar-refractivity contribution in [2.45, 2.75) is 13.0 Å². The standard InChI is InChI=1S/C16H17NO/c1-18-16-5-3-2-4-15(16)13-7-6-12-8-9-17-11-14(12)10-13/h2-7,10,17H,8-9,11H2,1H3. The molecular weight excluding hydrogens is 222 g/mol. The Morgan fingerprint density at radius 2 is 1.94 bits per heavy atom. The predicted molar refractivity (Wildman–Crippen MR) is 73.8 cm³/mol. The molecule has 1 aliphatic heterocycles. The van der Waals surface area contributed by atoms with Crippen LogP contribution in [0.25, 0.3) is 11.1 Å². The summed E-state index contributed by atoms with van der Waals surface area (Å²) in [5.74, 6) is 0.932. The van der Waals surface area contributed by atoms with Crippen LogP contribution >= 0.6 is 0 Å². The maximum atomic E-state index is 5.43. The number of hydrogen-bond donors (Lipinski definition) is 1. The zero-order valence-electron chi connectivity index (χ0n) is 10.6. The Bertz CT molecular complexity index is 563. The Morgan fingerprint density at radius 1 is 1.06 bits per heavy atom. The average Bonchev–Trinajstić information content (AvgIpc) is 2.46. The van der Waals surface area contributed by atoms with Gasteiger partial charge in [0.05, 0.1) is 7.11 Å². The highest BCUT2D eigenvalue weighted by atomic mass is 16.5. The van der Waals surface area contributed by atoms with E-state index in [1.165, 1.54) is 16.7 Å². The number of benzene rings is 2. The van der Waals surface area contributed by atoms with E-state index in [0.717, 1.165) is 30.8 Å². The van der Waals surface area contributed by atoms with E-state index in [4.69, 9.17) is 4.74 Å². The molecule has 0 saturated carbocycles. The minimum atomic E-state index is 0.932. The Labute approximate surface area is 108 Å². The quantitative estimate of drug-likeness (QED) is 0.869. The van der Waals surface area contributed by atoms with E-state index >= 15 is 0 Å². The lowest BCUT2D eigenvalue weighted by atomic mass is 9.95. The van der Waals surface area contributed by atoms with Crippen molar-refractivity contribution in [3.05, 3.63) is 53.6 Å². The van der Waals surface area contributed by atoms with Crippen LogP contribution in [-0.4, -0.2) is 13.7 Å². The van der Waals surface area contributed by atoms with Gasteiger partial charge < -0.3 is 10.1 Å². The molecule has 0 fully saturated rings. The van der Waals surface area contributed by atoms with Crippen LogP contribution in [0.15, 0.2) is 42.5 Å². The fraction of sp³-hybridized carbons (Fsp3) is 0.250. The molecule has 2 aromatic carbocycles. The molecule has 0 bridgehead atoms. The lowest BCUT2D eigenvalue weighted by Gasteiger charge is -2.18. The molecule has 0 unspecified atom stereocenters. The van der Waals surface area contributed by atoms with E-state index in [-0.39, 0.29) is 0 Å². The van der Waals surface area contributed by atoms with Crippen LogP contribution in [0.1, 0.15) is 11.1 Å². The number of nitrogens with one attached hydrogen (secondary N) is 1. The van der Waals surface area contributed by atoms with Crippen molar-refractivity contribution < 1.29 is 4.74 Å². The summed E-state index contributed by atoms with van der Waals surface area (Å²) in [5.41, 5.74) is 5.26. The summed E-state index contributed by atoms with van der Waals surface area (Å²) in [5, 5.41) is 3.42. The monoisotopic (exact) mass is 239 g/mol. The molecule has 2 nitrogen and oxygen atoms in total. The minimum Gasteiger partial charge on any atom is -0.496 e. The lowest BCUT2D eigenvalue weighted by Crippen LogP contribution is -2.23. The molecule has 1 N–H and O–H groups in total. The summed E-state index contributed by atoms with van der Waals surface area (Å²) in [6.45, 7) is 2.05. The van der Waals surface area contributed by atoms with Gasteiger partial charge in [-0.1, -0.05) is 30.3 Å². The van der Waals surface area contributed by atoms with Crippen molar-refractivity contribution in [1.82, 2.24) is 5.32 Å². The summed E-state index contributed by atoms with van der Waals surface area (Å²) in [6, 6.07) is 14.9. The Kier molecular flexibility index (Phi) is 3.03. The Morgan fingerprint density at radius 3 is 2.83 bits per heavy atom. The fourth-order valence-electron chi connectivity index (χ4n) is 2.53. The van der Waals surface area contributed by atoms with E-state index in [2.05, 4.69) is 35.6 Å². The molecule has 2 aromatic rings. The highest BCUT2D eigenvalue weighted by Crippen LogP contribution is 2.31. The molecule has 1 heterocycles. The largest absolute Gasteiger partial charge is 0.496 e. The summed E-state index contributed by atoms with van der Waals surface area (Å²) in [6.07, 6.45) is 1.13. The van der Waals surface area contributed by atoms with Gasteiger partial charge in [0.15, 0.2) is 0 Å². The lowest BCUT2D eigenvalue weighted by molar-refractivity contribution is 0.416. The zero-order chi connectivity index (χ0) is 12.4. The summed E-state index contributed by atoms with van der Waals surface area (Å²) < 4.78 is 5.43. The van der Waals surface area contributed by atoms with Crippen LogP contribution in [0.4, 0.5) is 0 Å². The Hall–Kier alpha value is -1.80. The fourth-order valence-corrected chi connectivity index (χ4v) is 2.53. The van der Waals surface area contributed by atoms with Gasteiger partial charge in [-0.15, -0.1) is 0 Å². The van der Waals surface area contributed by atoms with Crippen LogP contribution in [-0.2, 0) is 13.0 Å². The number of rotatable bonds is 2. The van der Waals surface area contributed by atoms with E-state index < -0.39 is 0 Å². The second kappa shape index (κ2) is 4.83. The predicted octanol–water partition coefficient (Wildman–Crippen LogP) is 3.01. The maximum Gasteiger partial charge on any atom is 0.126 e. The van der Waals surface area contributed by atoms with E-state index in [1.54, 1.807) is 7.11 Å². The van der Waals surface area contributed by atoms with Crippen LogP contribution in [0, 0.1) is 0 Å². The van der Waals surface area contributed by atoms with Gasteiger partial charge in [-0.05, 0) is 41.8 Å². The molecule has 1 aliphatic rings. The van der Waals surface area contributed by atoms with E-state index in [0.29, 0.717) is 0 Å². The number of methoxy groups -OCH3 is 1.